The van der Waals surface area contributed by atoms with Crippen LogP contribution in [0.5, 0.6) is 0 Å². The van der Waals surface area contributed by atoms with E-state index < -0.39 is 0 Å². The smallest absolute Gasteiger partial charge is 0.230 e. The molecule has 0 N–H and O–H groups in total. The predicted molar refractivity (Wildman–Crippen MR) is 87.1 cm³/mol. The van der Waals surface area contributed by atoms with Gasteiger partial charge in [-0.2, -0.15) is 5.10 Å². The van der Waals surface area contributed by atoms with Crippen LogP contribution in [0.2, 0.25) is 0 Å². The van der Waals surface area contributed by atoms with Gasteiger partial charge >= 0.3 is 0 Å². The van der Waals surface area contributed by atoms with Crippen molar-refractivity contribution in [1.29, 1.82) is 0 Å². The van der Waals surface area contributed by atoms with Gasteiger partial charge in [0.1, 0.15) is 11.6 Å². The Labute approximate surface area is 135 Å². The van der Waals surface area contributed by atoms with Crippen molar-refractivity contribution in [3.8, 4) is 0 Å². The molecule has 2 aromatic heterocycles. The molecule has 0 radical (unpaired) electrons. The van der Waals surface area contributed by atoms with E-state index in [0.29, 0.717) is 0 Å². The van der Waals surface area contributed by atoms with E-state index in [-0.39, 0.29) is 17.9 Å². The molecule has 0 aliphatic carbocycles. The number of piperidine rings is 1. The molecule has 0 spiro atoms. The first kappa shape index (κ1) is 15.2. The minimum absolute atomic E-state index is 0.0580. The number of likely N-dealkylation sites (tertiary alicyclic amines) is 1. The summed E-state index contributed by atoms with van der Waals surface area (Å²) in [6, 6.07) is 4.29. The molecular formula is C16H22N4OS. The maximum absolute atomic E-state index is 12.8. The minimum Gasteiger partial charge on any atom is -0.340 e. The number of aromatic nitrogens is 3. The summed E-state index contributed by atoms with van der Waals surface area (Å²) < 4.78 is 1.99. The Morgan fingerprint density at radius 3 is 2.91 bits per heavy atom. The molecule has 3 heterocycles. The van der Waals surface area contributed by atoms with Crippen LogP contribution in [0.15, 0.2) is 17.5 Å². The van der Waals surface area contributed by atoms with E-state index in [1.54, 1.807) is 11.3 Å². The van der Waals surface area contributed by atoms with E-state index in [2.05, 4.69) is 10.1 Å². The van der Waals surface area contributed by atoms with Gasteiger partial charge in [0, 0.05) is 18.0 Å². The fourth-order valence-corrected chi connectivity index (χ4v) is 3.95. The molecule has 6 heteroatoms. The normalized spacial score (nSPS) is 20.1. The Morgan fingerprint density at radius 1 is 1.45 bits per heavy atom. The van der Waals surface area contributed by atoms with Crippen molar-refractivity contribution in [2.24, 2.45) is 0 Å². The Morgan fingerprint density at radius 2 is 2.27 bits per heavy atom. The molecule has 5 nitrogen and oxygen atoms in total. The van der Waals surface area contributed by atoms with Gasteiger partial charge in [-0.05, 0) is 45.1 Å². The van der Waals surface area contributed by atoms with Gasteiger partial charge in [0.15, 0.2) is 0 Å². The molecule has 1 aliphatic heterocycles. The number of aryl methyl sites for hydroxylation is 2. The summed E-state index contributed by atoms with van der Waals surface area (Å²) in [6.07, 6.45) is 2.08. The maximum atomic E-state index is 12.8. The first-order chi connectivity index (χ1) is 10.6. The quantitative estimate of drug-likeness (QED) is 0.874. The van der Waals surface area contributed by atoms with E-state index in [4.69, 9.17) is 0 Å². The minimum atomic E-state index is -0.0580. The summed E-state index contributed by atoms with van der Waals surface area (Å²) in [5.41, 5.74) is 0. The van der Waals surface area contributed by atoms with Crippen LogP contribution >= 0.6 is 11.3 Å². The number of nitrogens with zero attached hydrogens (tertiary/aromatic N) is 4. The Hall–Kier alpha value is -1.69. The molecule has 1 amide bonds. The zero-order valence-electron chi connectivity index (χ0n) is 13.3. The van der Waals surface area contributed by atoms with E-state index in [0.717, 1.165) is 42.5 Å². The number of hydrogen-bond acceptors (Lipinski definition) is 4. The van der Waals surface area contributed by atoms with Gasteiger partial charge in [0.25, 0.3) is 0 Å². The summed E-state index contributed by atoms with van der Waals surface area (Å²) in [7, 11) is 0. The topological polar surface area (TPSA) is 51.0 Å². The Bertz CT molecular complexity index is 649. The van der Waals surface area contributed by atoms with Crippen molar-refractivity contribution >= 4 is 17.2 Å². The number of amides is 1. The average molecular weight is 318 g/mol. The summed E-state index contributed by atoms with van der Waals surface area (Å²) >= 11 is 1.65. The van der Waals surface area contributed by atoms with Gasteiger partial charge in [0.05, 0.1) is 12.0 Å². The molecular weight excluding hydrogens is 296 g/mol. The molecule has 1 fully saturated rings. The highest BCUT2D eigenvalue weighted by Crippen LogP contribution is 2.27. The van der Waals surface area contributed by atoms with Gasteiger partial charge < -0.3 is 4.90 Å². The number of hydrogen-bond donors (Lipinski definition) is 0. The van der Waals surface area contributed by atoms with E-state index >= 15 is 0 Å². The Balaban J connectivity index is 1.73. The van der Waals surface area contributed by atoms with Crippen molar-refractivity contribution < 1.29 is 4.79 Å². The average Bonchev–Trinajstić information content (AvgIpc) is 3.15. The fourth-order valence-electron chi connectivity index (χ4n) is 3.17. The van der Waals surface area contributed by atoms with Gasteiger partial charge in [-0.25, -0.2) is 9.67 Å². The van der Waals surface area contributed by atoms with Crippen LogP contribution < -0.4 is 0 Å². The van der Waals surface area contributed by atoms with Crippen LogP contribution in [0.4, 0.5) is 0 Å². The van der Waals surface area contributed by atoms with E-state index in [9.17, 15) is 4.79 Å². The molecule has 0 bridgehead atoms. The van der Waals surface area contributed by atoms with Gasteiger partial charge in [-0.1, -0.05) is 6.07 Å². The van der Waals surface area contributed by atoms with E-state index in [1.165, 1.54) is 0 Å². The molecule has 0 aromatic carbocycles. The van der Waals surface area contributed by atoms with Crippen LogP contribution in [0.25, 0.3) is 0 Å². The maximum Gasteiger partial charge on any atom is 0.230 e. The third-order valence-corrected chi connectivity index (χ3v) is 5.36. The highest BCUT2D eigenvalue weighted by Gasteiger charge is 2.29. The van der Waals surface area contributed by atoms with Crippen molar-refractivity contribution in [3.63, 3.8) is 0 Å². The Kier molecular flexibility index (Phi) is 4.29. The van der Waals surface area contributed by atoms with Crippen molar-refractivity contribution in [3.05, 3.63) is 34.0 Å². The van der Waals surface area contributed by atoms with Crippen LogP contribution in [-0.2, 0) is 4.79 Å². The van der Waals surface area contributed by atoms with Gasteiger partial charge in [0.2, 0.25) is 5.91 Å². The van der Waals surface area contributed by atoms with Crippen molar-refractivity contribution in [2.45, 2.75) is 45.6 Å². The lowest BCUT2D eigenvalue weighted by atomic mass is 10.0. The standard InChI is InChI=1S/C16H22N4OS/c1-11(15-7-5-9-22-15)16(21)19-8-4-6-14(10-19)20-13(3)17-12(2)18-20/h5,7,9,11,14H,4,6,8,10H2,1-3H3. The highest BCUT2D eigenvalue weighted by molar-refractivity contribution is 7.10. The second kappa shape index (κ2) is 6.20. The first-order valence-electron chi connectivity index (χ1n) is 7.78. The molecule has 0 saturated carbocycles. The second-order valence-corrected chi connectivity index (χ2v) is 6.95. The van der Waals surface area contributed by atoms with E-state index in [1.807, 2.05) is 47.9 Å². The lowest BCUT2D eigenvalue weighted by Crippen LogP contribution is -2.42. The molecule has 2 aromatic rings. The third-order valence-electron chi connectivity index (χ3n) is 4.30. The van der Waals surface area contributed by atoms with Crippen LogP contribution in [-0.4, -0.2) is 38.7 Å². The van der Waals surface area contributed by atoms with Gasteiger partial charge in [-0.15, -0.1) is 11.3 Å². The molecule has 2 atom stereocenters. The lowest BCUT2D eigenvalue weighted by molar-refractivity contribution is -0.134. The number of rotatable bonds is 3. The summed E-state index contributed by atoms with van der Waals surface area (Å²) in [5.74, 6) is 1.90. The molecule has 1 aliphatic rings. The first-order valence-corrected chi connectivity index (χ1v) is 8.66. The SMILES string of the molecule is Cc1nc(C)n(C2CCCN(C(=O)C(C)c3cccs3)C2)n1. The van der Waals surface area contributed by atoms with Crippen molar-refractivity contribution in [1.82, 2.24) is 19.7 Å². The third kappa shape index (κ3) is 2.92. The van der Waals surface area contributed by atoms with Crippen molar-refractivity contribution in [2.75, 3.05) is 13.1 Å². The summed E-state index contributed by atoms with van der Waals surface area (Å²) in [4.78, 5) is 20.3. The summed E-state index contributed by atoms with van der Waals surface area (Å²) in [5, 5.41) is 6.52. The predicted octanol–water partition coefficient (Wildman–Crippen LogP) is 2.92. The lowest BCUT2D eigenvalue weighted by Gasteiger charge is -2.34. The zero-order valence-corrected chi connectivity index (χ0v) is 14.1. The molecule has 3 rings (SSSR count). The van der Waals surface area contributed by atoms with Gasteiger partial charge in [-0.3, -0.25) is 4.79 Å². The molecule has 2 unspecified atom stereocenters. The monoisotopic (exact) mass is 318 g/mol. The highest BCUT2D eigenvalue weighted by atomic mass is 32.1. The molecule has 22 heavy (non-hydrogen) atoms. The number of carbonyl (C=O) groups excluding carboxylic acids is 1. The van der Waals surface area contributed by atoms with Crippen LogP contribution in [0, 0.1) is 13.8 Å². The van der Waals surface area contributed by atoms with Crippen LogP contribution in [0.1, 0.15) is 48.3 Å². The molecule has 118 valence electrons. The number of carbonyl (C=O) groups is 1. The second-order valence-electron chi connectivity index (χ2n) is 5.97. The number of thiophene rings is 1. The van der Waals surface area contributed by atoms with Crippen LogP contribution in [0.3, 0.4) is 0 Å². The fraction of sp³-hybridized carbons (Fsp3) is 0.562. The zero-order chi connectivity index (χ0) is 15.7. The summed E-state index contributed by atoms with van der Waals surface area (Å²) in [6.45, 7) is 7.47. The largest absolute Gasteiger partial charge is 0.340 e. The molecule has 1 saturated heterocycles.